The van der Waals surface area contributed by atoms with Gasteiger partial charge in [0.1, 0.15) is 5.15 Å². The highest BCUT2D eigenvalue weighted by Crippen LogP contribution is 2.14. The largest absolute Gasteiger partial charge is 0.481 e. The van der Waals surface area contributed by atoms with Crippen molar-refractivity contribution >= 4 is 17.6 Å². The van der Waals surface area contributed by atoms with Crippen molar-refractivity contribution in [2.24, 2.45) is 5.92 Å². The van der Waals surface area contributed by atoms with Crippen LogP contribution in [-0.4, -0.2) is 21.0 Å². The van der Waals surface area contributed by atoms with Gasteiger partial charge in [0.2, 0.25) is 0 Å². The Labute approximate surface area is 116 Å². The molecule has 1 atom stereocenters. The Hall–Kier alpha value is -1.94. The number of rotatable bonds is 5. The van der Waals surface area contributed by atoms with Crippen LogP contribution in [0.25, 0.3) is 0 Å². The summed E-state index contributed by atoms with van der Waals surface area (Å²) in [5.41, 5.74) is 1.63. The van der Waals surface area contributed by atoms with Gasteiger partial charge in [-0.25, -0.2) is 4.98 Å². The van der Waals surface area contributed by atoms with Gasteiger partial charge in [-0.1, -0.05) is 41.9 Å². The number of hydrogen-bond acceptors (Lipinski definition) is 3. The van der Waals surface area contributed by atoms with Crippen LogP contribution >= 0.6 is 11.6 Å². The highest BCUT2D eigenvalue weighted by Gasteiger charge is 2.19. The van der Waals surface area contributed by atoms with E-state index in [9.17, 15) is 9.90 Å². The van der Waals surface area contributed by atoms with Crippen LogP contribution in [0.4, 0.5) is 0 Å². The Balaban J connectivity index is 2.08. The summed E-state index contributed by atoms with van der Waals surface area (Å²) in [4.78, 5) is 19.3. The van der Waals surface area contributed by atoms with Crippen LogP contribution in [0.3, 0.4) is 0 Å². The second kappa shape index (κ2) is 6.29. The van der Waals surface area contributed by atoms with E-state index in [2.05, 4.69) is 9.97 Å². The number of carbonyl (C=O) groups is 1. The first kappa shape index (κ1) is 13.5. The Morgan fingerprint density at radius 1 is 1.16 bits per heavy atom. The zero-order valence-corrected chi connectivity index (χ0v) is 10.9. The quantitative estimate of drug-likeness (QED) is 0.912. The highest BCUT2D eigenvalue weighted by atomic mass is 35.5. The molecule has 98 valence electrons. The van der Waals surface area contributed by atoms with Crippen LogP contribution in [0, 0.1) is 5.92 Å². The highest BCUT2D eigenvalue weighted by molar-refractivity contribution is 6.29. The lowest BCUT2D eigenvalue weighted by molar-refractivity contribution is -0.141. The normalized spacial score (nSPS) is 12.1. The molecular formula is C14H13ClN2O2. The average molecular weight is 277 g/mol. The lowest BCUT2D eigenvalue weighted by Gasteiger charge is -2.11. The zero-order chi connectivity index (χ0) is 13.7. The minimum atomic E-state index is -0.833. The van der Waals surface area contributed by atoms with E-state index in [0.717, 1.165) is 5.56 Å². The van der Waals surface area contributed by atoms with Gasteiger partial charge in [0, 0.05) is 6.42 Å². The van der Waals surface area contributed by atoms with Gasteiger partial charge in [-0.3, -0.25) is 9.78 Å². The topological polar surface area (TPSA) is 63.1 Å². The third-order valence-electron chi connectivity index (χ3n) is 2.80. The second-order valence-electron chi connectivity index (χ2n) is 4.26. The maximum absolute atomic E-state index is 11.3. The molecule has 0 spiro atoms. The fourth-order valence-electron chi connectivity index (χ4n) is 1.84. The number of halogens is 1. The van der Waals surface area contributed by atoms with Gasteiger partial charge in [-0.05, 0) is 12.0 Å². The van der Waals surface area contributed by atoms with Crippen molar-refractivity contribution in [3.8, 4) is 0 Å². The number of benzene rings is 1. The molecule has 0 bridgehead atoms. The molecule has 2 rings (SSSR count). The summed E-state index contributed by atoms with van der Waals surface area (Å²) >= 11 is 5.65. The van der Waals surface area contributed by atoms with E-state index in [0.29, 0.717) is 23.7 Å². The lowest BCUT2D eigenvalue weighted by Crippen LogP contribution is -2.19. The van der Waals surface area contributed by atoms with Crippen molar-refractivity contribution < 1.29 is 9.90 Å². The van der Waals surface area contributed by atoms with E-state index in [4.69, 9.17) is 11.6 Å². The maximum Gasteiger partial charge on any atom is 0.307 e. The van der Waals surface area contributed by atoms with Crippen LogP contribution < -0.4 is 0 Å². The second-order valence-corrected chi connectivity index (χ2v) is 4.65. The average Bonchev–Trinajstić information content (AvgIpc) is 2.41. The molecule has 2 aromatic rings. The van der Waals surface area contributed by atoms with Gasteiger partial charge in [-0.2, -0.15) is 0 Å². The van der Waals surface area contributed by atoms with Crippen LogP contribution in [-0.2, 0) is 17.6 Å². The van der Waals surface area contributed by atoms with Gasteiger partial charge in [0.05, 0.1) is 24.0 Å². The number of aromatic nitrogens is 2. The van der Waals surface area contributed by atoms with Gasteiger partial charge >= 0.3 is 5.97 Å². The number of hydrogen-bond donors (Lipinski definition) is 1. The number of carboxylic acid groups (broad SMARTS) is 1. The molecule has 0 saturated carbocycles. The molecule has 1 heterocycles. The molecule has 0 saturated heterocycles. The monoisotopic (exact) mass is 276 g/mol. The fraction of sp³-hybridized carbons (Fsp3) is 0.214. The summed E-state index contributed by atoms with van der Waals surface area (Å²) in [6.45, 7) is 0. The molecule has 0 amide bonds. The smallest absolute Gasteiger partial charge is 0.307 e. The Bertz CT molecular complexity index is 543. The van der Waals surface area contributed by atoms with Crippen molar-refractivity contribution in [1.82, 2.24) is 9.97 Å². The molecule has 0 aliphatic rings. The SMILES string of the molecule is O=C(O)C(Cc1ccccc1)Cc1cnc(Cl)cn1. The van der Waals surface area contributed by atoms with E-state index in [1.54, 1.807) is 0 Å². The van der Waals surface area contributed by atoms with E-state index >= 15 is 0 Å². The lowest BCUT2D eigenvalue weighted by atomic mass is 9.95. The number of carboxylic acids is 1. The first-order chi connectivity index (χ1) is 9.15. The molecule has 0 fully saturated rings. The van der Waals surface area contributed by atoms with Crippen molar-refractivity contribution in [2.45, 2.75) is 12.8 Å². The first-order valence-electron chi connectivity index (χ1n) is 5.88. The number of aliphatic carboxylic acids is 1. The van der Waals surface area contributed by atoms with Crippen LogP contribution in [0.5, 0.6) is 0 Å². The molecule has 1 N–H and O–H groups in total. The summed E-state index contributed by atoms with van der Waals surface area (Å²) in [5, 5.41) is 9.58. The van der Waals surface area contributed by atoms with E-state index < -0.39 is 11.9 Å². The van der Waals surface area contributed by atoms with Crippen molar-refractivity contribution in [3.05, 3.63) is 59.1 Å². The van der Waals surface area contributed by atoms with Crippen molar-refractivity contribution in [1.29, 1.82) is 0 Å². The van der Waals surface area contributed by atoms with E-state index in [1.165, 1.54) is 12.4 Å². The van der Waals surface area contributed by atoms with Gasteiger partial charge < -0.3 is 5.11 Å². The Kier molecular flexibility index (Phi) is 4.47. The van der Waals surface area contributed by atoms with Crippen molar-refractivity contribution in [2.75, 3.05) is 0 Å². The summed E-state index contributed by atoms with van der Waals surface area (Å²) in [6.07, 6.45) is 3.76. The standard InChI is InChI=1S/C14H13ClN2O2/c15-13-9-16-12(8-17-13)7-11(14(18)19)6-10-4-2-1-3-5-10/h1-5,8-9,11H,6-7H2,(H,18,19). The predicted octanol–water partition coefficient (Wildman–Crippen LogP) is 2.62. The number of nitrogens with zero attached hydrogens (tertiary/aromatic N) is 2. The first-order valence-corrected chi connectivity index (χ1v) is 6.26. The van der Waals surface area contributed by atoms with Gasteiger partial charge in [0.15, 0.2) is 0 Å². The molecule has 1 aromatic carbocycles. The summed E-state index contributed by atoms with van der Waals surface area (Å²) < 4.78 is 0. The Morgan fingerprint density at radius 2 is 1.89 bits per heavy atom. The minimum Gasteiger partial charge on any atom is -0.481 e. The van der Waals surface area contributed by atoms with Crippen LogP contribution in [0.15, 0.2) is 42.7 Å². The molecule has 19 heavy (non-hydrogen) atoms. The third kappa shape index (κ3) is 4.03. The van der Waals surface area contributed by atoms with E-state index in [-0.39, 0.29) is 0 Å². The van der Waals surface area contributed by atoms with Crippen LogP contribution in [0.1, 0.15) is 11.3 Å². The summed E-state index contributed by atoms with van der Waals surface area (Å²) in [6, 6.07) is 9.55. The molecule has 1 unspecified atom stereocenters. The van der Waals surface area contributed by atoms with Gasteiger partial charge in [-0.15, -0.1) is 0 Å². The molecule has 0 aliphatic carbocycles. The molecule has 4 nitrogen and oxygen atoms in total. The molecule has 0 aliphatic heterocycles. The Morgan fingerprint density at radius 3 is 2.47 bits per heavy atom. The molecular weight excluding hydrogens is 264 g/mol. The zero-order valence-electron chi connectivity index (χ0n) is 10.2. The molecule has 5 heteroatoms. The fourth-order valence-corrected chi connectivity index (χ4v) is 1.94. The van der Waals surface area contributed by atoms with E-state index in [1.807, 2.05) is 30.3 Å². The summed E-state index contributed by atoms with van der Waals surface area (Å²) in [7, 11) is 0. The maximum atomic E-state index is 11.3. The van der Waals surface area contributed by atoms with Crippen LogP contribution in [0.2, 0.25) is 5.15 Å². The predicted molar refractivity (Wildman–Crippen MR) is 72.0 cm³/mol. The van der Waals surface area contributed by atoms with Gasteiger partial charge in [0.25, 0.3) is 0 Å². The minimum absolute atomic E-state index is 0.304. The molecule has 0 radical (unpaired) electrons. The third-order valence-corrected chi connectivity index (χ3v) is 3.00. The van der Waals surface area contributed by atoms with Crippen molar-refractivity contribution in [3.63, 3.8) is 0 Å². The summed E-state index contributed by atoms with van der Waals surface area (Å²) in [5.74, 6) is -1.35. The molecule has 1 aromatic heterocycles.